The van der Waals surface area contributed by atoms with Gasteiger partial charge in [0.05, 0.1) is 0 Å². The molecule has 0 aliphatic heterocycles. The number of carboxylic acids is 5. The normalized spacial score (nSPS) is 7.50. The van der Waals surface area contributed by atoms with E-state index in [4.69, 9.17) is 83.7 Å². The minimum Gasteiger partial charge on any atom is -0.481 e. The van der Waals surface area contributed by atoms with Gasteiger partial charge in [0.25, 0.3) is 29.8 Å². The van der Waals surface area contributed by atoms with Crippen LogP contribution >= 0.6 is 0 Å². The van der Waals surface area contributed by atoms with E-state index in [0.29, 0.717) is 13.1 Å². The van der Waals surface area contributed by atoms with Gasteiger partial charge in [-0.2, -0.15) is 8.42 Å². The second-order valence-corrected chi connectivity index (χ2v) is 5.27. The monoisotopic (exact) mass is 534 g/mol. The summed E-state index contributed by atoms with van der Waals surface area (Å²) >= 11 is 0. The zero-order chi connectivity index (χ0) is 29.9. The number of nitrogens with one attached hydrogen (secondary N) is 1. The Morgan fingerprint density at radius 3 is 0.735 bits per heavy atom. The predicted octanol–water partition coefficient (Wildman–Crippen LogP) is -2.37. The fourth-order valence-corrected chi connectivity index (χ4v) is 0.329. The van der Waals surface area contributed by atoms with Crippen LogP contribution in [0.2, 0.25) is 0 Å². The molecule has 0 aromatic rings. The maximum atomic E-state index is 9.00. The van der Waals surface area contributed by atoms with E-state index in [1.807, 2.05) is 0 Å². The lowest BCUT2D eigenvalue weighted by Gasteiger charge is -1.95. The molecule has 0 amide bonds. The van der Waals surface area contributed by atoms with Gasteiger partial charge in [-0.25, -0.2) is 5.90 Å². The van der Waals surface area contributed by atoms with Crippen LogP contribution in [0.15, 0.2) is 0 Å². The largest absolute Gasteiger partial charge is 0.481 e. The van der Waals surface area contributed by atoms with Crippen molar-refractivity contribution < 1.29 is 72.2 Å². The van der Waals surface area contributed by atoms with Gasteiger partial charge >= 0.3 is 10.4 Å². The first kappa shape index (κ1) is 52.8. The molecule has 15 N–H and O–H groups in total. The summed E-state index contributed by atoms with van der Waals surface area (Å²) in [5.41, 5.74) is 10.3. The number of aliphatic carboxylic acids is 5. The highest BCUT2D eigenvalue weighted by Gasteiger charge is 1.84. The third-order valence-corrected chi connectivity index (χ3v) is 0.642. The Balaban J connectivity index is -0.0000000386. The van der Waals surface area contributed by atoms with E-state index >= 15 is 0 Å². The Bertz CT molecular complexity index is 470. The summed E-state index contributed by atoms with van der Waals surface area (Å²) in [6.07, 6.45) is 0. The van der Waals surface area contributed by atoms with Gasteiger partial charge < -0.3 is 47.5 Å². The average molecular weight is 535 g/mol. The molecule has 0 saturated carbocycles. The van der Waals surface area contributed by atoms with Crippen LogP contribution in [0.3, 0.4) is 0 Å². The summed E-state index contributed by atoms with van der Waals surface area (Å²) < 4.78 is 31.6. The molecule has 0 aliphatic rings. The summed E-state index contributed by atoms with van der Waals surface area (Å²) in [6, 6.07) is 0. The highest BCUT2D eigenvalue weighted by atomic mass is 32.3. The Morgan fingerprint density at radius 2 is 0.676 bits per heavy atom. The molecule has 0 aromatic carbocycles. The van der Waals surface area contributed by atoms with Gasteiger partial charge in [-0.1, -0.05) is 0 Å². The Labute approximate surface area is 196 Å². The van der Waals surface area contributed by atoms with Crippen LogP contribution in [-0.4, -0.2) is 104 Å². The maximum absolute atomic E-state index is 9.00. The molecule has 0 fully saturated rings. The summed E-state index contributed by atoms with van der Waals surface area (Å²) in [4.78, 5) is 45.0. The summed E-state index contributed by atoms with van der Waals surface area (Å²) in [5.74, 6) is -0.667. The first-order valence-electron chi connectivity index (χ1n) is 8.12. The zero-order valence-corrected chi connectivity index (χ0v) is 20.2. The molecule has 19 nitrogen and oxygen atoms in total. The van der Waals surface area contributed by atoms with E-state index in [-0.39, 0.29) is 0 Å². The molecular formula is C14H38N4O15S. The molecule has 20 heteroatoms. The average Bonchev–Trinajstić information content (AvgIpc) is 2.53. The van der Waals surface area contributed by atoms with Crippen LogP contribution in [0.5, 0.6) is 0 Å². The number of carboxylic acid groups (broad SMARTS) is 5. The van der Waals surface area contributed by atoms with Gasteiger partial charge in [0.2, 0.25) is 0 Å². The third-order valence-electron chi connectivity index (χ3n) is 0.642. The topological polar surface area (TPSA) is 371 Å². The second kappa shape index (κ2) is 47.7. The molecule has 34 heavy (non-hydrogen) atoms. The van der Waals surface area contributed by atoms with Crippen molar-refractivity contribution in [1.82, 2.24) is 5.32 Å². The van der Waals surface area contributed by atoms with Crippen LogP contribution < -0.4 is 22.7 Å². The van der Waals surface area contributed by atoms with Crippen molar-refractivity contribution in [3.63, 3.8) is 0 Å². The van der Waals surface area contributed by atoms with Crippen molar-refractivity contribution in [2.24, 2.45) is 17.4 Å². The second-order valence-electron chi connectivity index (χ2n) is 4.37. The fourth-order valence-electron chi connectivity index (χ4n) is 0.329. The molecule has 0 rings (SSSR count). The maximum Gasteiger partial charge on any atom is 0.394 e. The van der Waals surface area contributed by atoms with Gasteiger partial charge in [-0.05, 0) is 0 Å². The Morgan fingerprint density at radius 1 is 0.588 bits per heavy atom. The van der Waals surface area contributed by atoms with Crippen LogP contribution in [0, 0.1) is 0 Å². The number of carbonyl (C=O) groups is 5. The first-order valence-corrected chi connectivity index (χ1v) is 9.52. The Hall–Kier alpha value is -2.98. The van der Waals surface area contributed by atoms with E-state index < -0.39 is 40.2 Å². The van der Waals surface area contributed by atoms with Crippen molar-refractivity contribution in [1.29, 1.82) is 0 Å². The minimum atomic E-state index is -4.67. The lowest BCUT2D eigenvalue weighted by Crippen LogP contribution is -2.27. The molecule has 0 aliphatic carbocycles. The van der Waals surface area contributed by atoms with Crippen LogP contribution in [-0.2, 0) is 34.4 Å². The summed E-state index contributed by atoms with van der Waals surface area (Å²) in [6.45, 7) is 8.55. The lowest BCUT2D eigenvalue weighted by atomic mass is 10.6. The molecule has 0 radical (unpaired) electrons. The zero-order valence-electron chi connectivity index (χ0n) is 19.4. The third kappa shape index (κ3) is 21900. The van der Waals surface area contributed by atoms with Crippen molar-refractivity contribution in [3.05, 3.63) is 0 Å². The fraction of sp³-hybridized carbons (Fsp3) is 0.643. The highest BCUT2D eigenvalue weighted by molar-refractivity contribution is 7.79. The standard InChI is InChI=1S/C4H13N3.5C2H4O2.H3NO.H2O4S/c5-1-3-7-4-2-6;5*1-2(3)4;1-2;1-5(2,3)4/h7H,1-6H2;5*1H3,(H,3,4);2H,1H2;(H2,1,2,3,4). The smallest absolute Gasteiger partial charge is 0.394 e. The molecule has 0 bridgehead atoms. The Kier molecular flexibility index (Phi) is 74.0. The van der Waals surface area contributed by atoms with E-state index in [1.54, 1.807) is 0 Å². The van der Waals surface area contributed by atoms with Crippen LogP contribution in [0.1, 0.15) is 34.6 Å². The molecule has 210 valence electrons. The molecule has 0 saturated heterocycles. The predicted molar refractivity (Wildman–Crippen MR) is 118 cm³/mol. The SMILES string of the molecule is CC(=O)O.CC(=O)O.CC(=O)O.CC(=O)O.CC(=O)O.NCCNCCN.NO.O=S(=O)(O)O. The van der Waals surface area contributed by atoms with Gasteiger partial charge in [0.15, 0.2) is 0 Å². The molecule has 0 heterocycles. The minimum absolute atomic E-state index is 0.694. The van der Waals surface area contributed by atoms with Gasteiger partial charge in [0, 0.05) is 60.8 Å². The number of hydrogen-bond donors (Lipinski definition) is 12. The van der Waals surface area contributed by atoms with Crippen molar-refractivity contribution in [3.8, 4) is 0 Å². The molecule has 0 atom stereocenters. The molecule has 0 spiro atoms. The van der Waals surface area contributed by atoms with Crippen molar-refractivity contribution >= 4 is 40.2 Å². The highest BCUT2D eigenvalue weighted by Crippen LogP contribution is 1.59. The number of nitrogens with two attached hydrogens (primary N) is 3. The summed E-state index contributed by atoms with van der Waals surface area (Å²) in [5, 5.41) is 46.6. The molecule has 0 unspecified atom stereocenters. The van der Waals surface area contributed by atoms with Gasteiger partial charge in [-0.3, -0.25) is 33.1 Å². The van der Waals surface area contributed by atoms with E-state index in [1.165, 1.54) is 0 Å². The van der Waals surface area contributed by atoms with Crippen LogP contribution in [0.25, 0.3) is 0 Å². The summed E-state index contributed by atoms with van der Waals surface area (Å²) in [7, 11) is -4.67. The van der Waals surface area contributed by atoms with E-state index in [0.717, 1.165) is 47.7 Å². The van der Waals surface area contributed by atoms with E-state index in [9.17, 15) is 0 Å². The van der Waals surface area contributed by atoms with Crippen molar-refractivity contribution in [2.45, 2.75) is 34.6 Å². The number of rotatable bonds is 4. The van der Waals surface area contributed by atoms with Crippen LogP contribution in [0.4, 0.5) is 0 Å². The van der Waals surface area contributed by atoms with Crippen molar-refractivity contribution in [2.75, 3.05) is 26.2 Å². The molecule has 0 aromatic heterocycles. The number of hydrogen-bond acceptors (Lipinski definition) is 12. The van der Waals surface area contributed by atoms with Gasteiger partial charge in [0.1, 0.15) is 0 Å². The van der Waals surface area contributed by atoms with E-state index in [2.05, 4.69) is 11.2 Å². The molecular weight excluding hydrogens is 496 g/mol. The quantitative estimate of drug-likeness (QED) is 0.102. The lowest BCUT2D eigenvalue weighted by molar-refractivity contribution is -0.135. The van der Waals surface area contributed by atoms with Gasteiger partial charge in [-0.15, -0.1) is 0 Å². The first-order chi connectivity index (χ1) is 15.1.